The summed E-state index contributed by atoms with van der Waals surface area (Å²) >= 11 is 5.86. The van der Waals surface area contributed by atoms with Crippen LogP contribution in [0.4, 0.5) is 0 Å². The third kappa shape index (κ3) is 3.00. The van der Waals surface area contributed by atoms with Crippen molar-refractivity contribution in [2.24, 2.45) is 0 Å². The van der Waals surface area contributed by atoms with E-state index in [1.165, 1.54) is 0 Å². The van der Waals surface area contributed by atoms with Crippen molar-refractivity contribution in [2.75, 3.05) is 0 Å². The van der Waals surface area contributed by atoms with E-state index >= 15 is 0 Å². The van der Waals surface area contributed by atoms with Gasteiger partial charge in [-0.3, -0.25) is 4.79 Å². The van der Waals surface area contributed by atoms with Gasteiger partial charge in [0.25, 0.3) is 0 Å². The minimum atomic E-state index is -0.0966. The molecule has 0 unspecified atom stereocenters. The van der Waals surface area contributed by atoms with Gasteiger partial charge in [0.05, 0.1) is 5.03 Å². The average molecular weight is 209 g/mol. The number of rotatable bonds is 4. The van der Waals surface area contributed by atoms with E-state index in [0.717, 1.165) is 12.8 Å². The van der Waals surface area contributed by atoms with E-state index in [1.54, 1.807) is 18.2 Å². The molecule has 0 aliphatic carbocycles. The van der Waals surface area contributed by atoms with Gasteiger partial charge >= 0.3 is 0 Å². The zero-order valence-corrected chi connectivity index (χ0v) is 8.92. The fourth-order valence-corrected chi connectivity index (χ4v) is 1.31. The van der Waals surface area contributed by atoms with Gasteiger partial charge in [-0.05, 0) is 6.42 Å². The second-order valence-corrected chi connectivity index (χ2v) is 3.44. The van der Waals surface area contributed by atoms with Crippen LogP contribution in [0.5, 0.6) is 0 Å². The number of Topliss-reactive ketones (excluding diaryl/α,β-unsaturated/α-hetero) is 1. The van der Waals surface area contributed by atoms with Gasteiger partial charge < -0.3 is 0 Å². The molecule has 74 valence electrons. The SMILES string of the molecule is CCC/C=C(\Cl)C(=O)c1ccccc1. The lowest BCUT2D eigenvalue weighted by Crippen LogP contribution is -1.98. The van der Waals surface area contributed by atoms with Gasteiger partial charge in [0.2, 0.25) is 5.78 Å². The predicted molar refractivity (Wildman–Crippen MR) is 59.6 cm³/mol. The quantitative estimate of drug-likeness (QED) is 0.544. The number of allylic oxidation sites excluding steroid dienone is 2. The third-order valence-corrected chi connectivity index (χ3v) is 2.19. The maximum absolute atomic E-state index is 11.7. The van der Waals surface area contributed by atoms with Crippen LogP contribution in [-0.4, -0.2) is 5.78 Å². The lowest BCUT2D eigenvalue weighted by molar-refractivity contribution is 0.104. The molecular formula is C12H13ClO. The number of hydrogen-bond acceptors (Lipinski definition) is 1. The summed E-state index contributed by atoms with van der Waals surface area (Å²) in [7, 11) is 0. The smallest absolute Gasteiger partial charge is 0.204 e. The third-order valence-electron chi connectivity index (χ3n) is 1.87. The standard InChI is InChI=1S/C12H13ClO/c1-2-3-9-11(13)12(14)10-7-5-4-6-8-10/h4-9H,2-3H2,1H3/b11-9-. The molecule has 0 radical (unpaired) electrons. The van der Waals surface area contributed by atoms with Crippen molar-refractivity contribution in [1.82, 2.24) is 0 Å². The molecule has 0 aliphatic heterocycles. The van der Waals surface area contributed by atoms with Crippen LogP contribution in [0.3, 0.4) is 0 Å². The van der Waals surface area contributed by atoms with Crippen molar-refractivity contribution >= 4 is 17.4 Å². The van der Waals surface area contributed by atoms with Crippen molar-refractivity contribution in [1.29, 1.82) is 0 Å². The molecule has 0 atom stereocenters. The number of unbranched alkanes of at least 4 members (excludes halogenated alkanes) is 1. The second kappa shape index (κ2) is 5.61. The molecule has 0 saturated carbocycles. The van der Waals surface area contributed by atoms with Crippen molar-refractivity contribution < 1.29 is 4.79 Å². The first-order valence-electron chi connectivity index (χ1n) is 4.71. The molecule has 0 fully saturated rings. The van der Waals surface area contributed by atoms with E-state index in [1.807, 2.05) is 25.1 Å². The van der Waals surface area contributed by atoms with Crippen LogP contribution < -0.4 is 0 Å². The van der Waals surface area contributed by atoms with E-state index in [9.17, 15) is 4.79 Å². The molecule has 0 aromatic heterocycles. The Morgan fingerprint density at radius 2 is 2.00 bits per heavy atom. The Hall–Kier alpha value is -1.08. The van der Waals surface area contributed by atoms with Crippen LogP contribution >= 0.6 is 11.6 Å². The summed E-state index contributed by atoms with van der Waals surface area (Å²) in [5, 5.41) is 0.318. The molecule has 1 nitrogen and oxygen atoms in total. The van der Waals surface area contributed by atoms with Crippen LogP contribution in [0.15, 0.2) is 41.4 Å². The number of carbonyl (C=O) groups excluding carboxylic acids is 1. The summed E-state index contributed by atoms with van der Waals surface area (Å²) in [5.41, 5.74) is 0.643. The largest absolute Gasteiger partial charge is 0.288 e. The summed E-state index contributed by atoms with van der Waals surface area (Å²) in [6.45, 7) is 2.05. The lowest BCUT2D eigenvalue weighted by Gasteiger charge is -1.98. The highest BCUT2D eigenvalue weighted by Crippen LogP contribution is 2.12. The van der Waals surface area contributed by atoms with E-state index in [4.69, 9.17) is 11.6 Å². The van der Waals surface area contributed by atoms with Crippen molar-refractivity contribution in [2.45, 2.75) is 19.8 Å². The highest BCUT2D eigenvalue weighted by Gasteiger charge is 2.07. The molecule has 1 rings (SSSR count). The Bertz CT molecular complexity index is 327. The number of hydrogen-bond donors (Lipinski definition) is 0. The Balaban J connectivity index is 2.76. The molecular weight excluding hydrogens is 196 g/mol. The Morgan fingerprint density at radius 3 is 2.57 bits per heavy atom. The molecule has 0 aliphatic rings. The first-order chi connectivity index (χ1) is 6.75. The van der Waals surface area contributed by atoms with Gasteiger partial charge in [0.15, 0.2) is 0 Å². The summed E-state index contributed by atoms with van der Waals surface area (Å²) in [6.07, 6.45) is 3.62. The molecule has 1 aromatic carbocycles. The average Bonchev–Trinajstić information content (AvgIpc) is 2.26. The van der Waals surface area contributed by atoms with E-state index in [0.29, 0.717) is 10.6 Å². The fourth-order valence-electron chi connectivity index (χ4n) is 1.09. The topological polar surface area (TPSA) is 17.1 Å². The Labute approximate surface area is 89.4 Å². The summed E-state index contributed by atoms with van der Waals surface area (Å²) in [5.74, 6) is -0.0966. The Kier molecular flexibility index (Phi) is 4.41. The molecule has 1 aromatic rings. The molecule has 0 amide bonds. The minimum absolute atomic E-state index is 0.0966. The summed E-state index contributed by atoms with van der Waals surface area (Å²) in [4.78, 5) is 11.7. The van der Waals surface area contributed by atoms with Gasteiger partial charge in [0.1, 0.15) is 0 Å². The summed E-state index contributed by atoms with van der Waals surface area (Å²) in [6, 6.07) is 9.07. The molecule has 0 spiro atoms. The highest BCUT2D eigenvalue weighted by atomic mass is 35.5. The zero-order valence-electron chi connectivity index (χ0n) is 8.16. The maximum Gasteiger partial charge on any atom is 0.204 e. The predicted octanol–water partition coefficient (Wildman–Crippen LogP) is 3.79. The van der Waals surface area contributed by atoms with Gasteiger partial charge in [-0.15, -0.1) is 0 Å². The number of carbonyl (C=O) groups is 1. The molecule has 0 N–H and O–H groups in total. The van der Waals surface area contributed by atoms with E-state index < -0.39 is 0 Å². The lowest BCUT2D eigenvalue weighted by atomic mass is 10.1. The maximum atomic E-state index is 11.7. The first-order valence-corrected chi connectivity index (χ1v) is 5.09. The molecule has 0 bridgehead atoms. The number of ketones is 1. The van der Waals surface area contributed by atoms with E-state index in [-0.39, 0.29) is 5.78 Å². The van der Waals surface area contributed by atoms with Gasteiger partial charge in [0, 0.05) is 5.56 Å². The van der Waals surface area contributed by atoms with Gasteiger partial charge in [-0.25, -0.2) is 0 Å². The van der Waals surface area contributed by atoms with Gasteiger partial charge in [-0.2, -0.15) is 0 Å². The van der Waals surface area contributed by atoms with Crippen molar-refractivity contribution in [3.63, 3.8) is 0 Å². The van der Waals surface area contributed by atoms with Crippen molar-refractivity contribution in [3.05, 3.63) is 47.0 Å². The normalized spacial score (nSPS) is 11.4. The Morgan fingerprint density at radius 1 is 1.36 bits per heavy atom. The second-order valence-electron chi connectivity index (χ2n) is 3.04. The van der Waals surface area contributed by atoms with Crippen LogP contribution in [0, 0.1) is 0 Å². The van der Waals surface area contributed by atoms with E-state index in [2.05, 4.69) is 0 Å². The fraction of sp³-hybridized carbons (Fsp3) is 0.250. The molecule has 14 heavy (non-hydrogen) atoms. The number of benzene rings is 1. The molecule has 0 saturated heterocycles. The molecule has 0 heterocycles. The molecule has 2 heteroatoms. The first kappa shape index (κ1) is 11.0. The number of halogens is 1. The monoisotopic (exact) mass is 208 g/mol. The zero-order chi connectivity index (χ0) is 10.4. The minimum Gasteiger partial charge on any atom is -0.288 e. The van der Waals surface area contributed by atoms with Crippen LogP contribution in [-0.2, 0) is 0 Å². The summed E-state index contributed by atoms with van der Waals surface area (Å²) < 4.78 is 0. The van der Waals surface area contributed by atoms with Crippen molar-refractivity contribution in [3.8, 4) is 0 Å². The van der Waals surface area contributed by atoms with Crippen LogP contribution in [0.25, 0.3) is 0 Å². The highest BCUT2D eigenvalue weighted by molar-refractivity contribution is 6.45. The van der Waals surface area contributed by atoms with Gasteiger partial charge in [-0.1, -0.05) is 61.4 Å². The van der Waals surface area contributed by atoms with Crippen LogP contribution in [0.2, 0.25) is 0 Å². The van der Waals surface area contributed by atoms with Crippen LogP contribution in [0.1, 0.15) is 30.1 Å².